The molecule has 2 amide bonds. The highest BCUT2D eigenvalue weighted by Gasteiger charge is 2.33. The van der Waals surface area contributed by atoms with E-state index in [1.165, 1.54) is 12.1 Å². The second-order valence-electron chi connectivity index (χ2n) is 7.15. The van der Waals surface area contributed by atoms with Crippen molar-refractivity contribution in [2.24, 2.45) is 0 Å². The molecule has 1 saturated heterocycles. The third kappa shape index (κ3) is 4.73. The van der Waals surface area contributed by atoms with Gasteiger partial charge in [-0.15, -0.1) is 0 Å². The number of carbonyl (C=O) groups excluding carboxylic acids is 2. The Labute approximate surface area is 174 Å². The van der Waals surface area contributed by atoms with Crippen LogP contribution in [0.5, 0.6) is 0 Å². The molecule has 0 unspecified atom stereocenters. The van der Waals surface area contributed by atoms with Crippen LogP contribution in [0.15, 0.2) is 47.0 Å². The van der Waals surface area contributed by atoms with E-state index in [2.05, 4.69) is 15.5 Å². The molecule has 0 radical (unpaired) electrons. The standard InChI is InChI=1S/C21H17F3N4O3/c22-14-3-1-12(2-4-14)10-28-11-13(7-19(28)29)20-26-18(31-27-20)9-25-21(30)16-8-15(23)5-6-17(16)24/h1-6,8,13H,7,9-11H2,(H,25,30)/t13-/m1/s1. The van der Waals surface area contributed by atoms with Gasteiger partial charge >= 0.3 is 0 Å². The average molecular weight is 430 g/mol. The molecule has 1 fully saturated rings. The number of rotatable bonds is 6. The van der Waals surface area contributed by atoms with Gasteiger partial charge in [0.1, 0.15) is 17.5 Å². The molecule has 0 saturated carbocycles. The van der Waals surface area contributed by atoms with E-state index in [4.69, 9.17) is 4.52 Å². The molecule has 0 bridgehead atoms. The first-order valence-electron chi connectivity index (χ1n) is 9.47. The Kier molecular flexibility index (Phi) is 5.70. The monoisotopic (exact) mass is 430 g/mol. The lowest BCUT2D eigenvalue weighted by Gasteiger charge is -2.16. The van der Waals surface area contributed by atoms with Crippen molar-refractivity contribution in [1.82, 2.24) is 20.4 Å². The summed E-state index contributed by atoms with van der Waals surface area (Å²) in [5, 5.41) is 6.26. The van der Waals surface area contributed by atoms with Crippen LogP contribution >= 0.6 is 0 Å². The molecule has 3 aromatic rings. The third-order valence-electron chi connectivity index (χ3n) is 4.92. The molecule has 0 aliphatic carbocycles. The van der Waals surface area contributed by atoms with Gasteiger partial charge in [0.05, 0.1) is 12.1 Å². The molecule has 31 heavy (non-hydrogen) atoms. The Morgan fingerprint density at radius 3 is 2.65 bits per heavy atom. The van der Waals surface area contributed by atoms with Crippen LogP contribution in [0.2, 0.25) is 0 Å². The molecule has 0 spiro atoms. The normalized spacial score (nSPS) is 16.0. The summed E-state index contributed by atoms with van der Waals surface area (Å²) in [7, 11) is 0. The van der Waals surface area contributed by atoms with Gasteiger partial charge < -0.3 is 14.7 Å². The summed E-state index contributed by atoms with van der Waals surface area (Å²) >= 11 is 0. The molecule has 1 atom stereocenters. The van der Waals surface area contributed by atoms with Crippen LogP contribution in [-0.4, -0.2) is 33.4 Å². The molecule has 1 aromatic heterocycles. The van der Waals surface area contributed by atoms with E-state index in [9.17, 15) is 22.8 Å². The number of likely N-dealkylation sites (tertiary alicyclic amines) is 1. The maximum absolute atomic E-state index is 13.7. The molecule has 10 heteroatoms. The first-order valence-corrected chi connectivity index (χ1v) is 9.47. The summed E-state index contributed by atoms with van der Waals surface area (Å²) < 4.78 is 45.0. The fourth-order valence-electron chi connectivity index (χ4n) is 3.34. The van der Waals surface area contributed by atoms with Crippen molar-refractivity contribution in [2.75, 3.05) is 6.54 Å². The lowest BCUT2D eigenvalue weighted by atomic mass is 10.1. The van der Waals surface area contributed by atoms with Crippen LogP contribution in [0, 0.1) is 17.5 Å². The van der Waals surface area contributed by atoms with E-state index >= 15 is 0 Å². The molecular formula is C21H17F3N4O3. The van der Waals surface area contributed by atoms with Crippen molar-refractivity contribution < 1.29 is 27.3 Å². The fourth-order valence-corrected chi connectivity index (χ4v) is 3.34. The quantitative estimate of drug-likeness (QED) is 0.650. The molecule has 1 aliphatic heterocycles. The van der Waals surface area contributed by atoms with Crippen molar-refractivity contribution >= 4 is 11.8 Å². The van der Waals surface area contributed by atoms with Crippen molar-refractivity contribution in [2.45, 2.75) is 25.4 Å². The van der Waals surface area contributed by atoms with Gasteiger partial charge in [-0.3, -0.25) is 9.59 Å². The average Bonchev–Trinajstić information content (AvgIpc) is 3.36. The molecule has 1 aliphatic rings. The van der Waals surface area contributed by atoms with Gasteiger partial charge in [0, 0.05) is 25.4 Å². The molecule has 1 N–H and O–H groups in total. The molecule has 2 heterocycles. The van der Waals surface area contributed by atoms with Crippen LogP contribution in [0.25, 0.3) is 0 Å². The van der Waals surface area contributed by atoms with Gasteiger partial charge in [-0.1, -0.05) is 17.3 Å². The largest absolute Gasteiger partial charge is 0.343 e. The minimum atomic E-state index is -0.851. The van der Waals surface area contributed by atoms with Crippen molar-refractivity contribution in [3.63, 3.8) is 0 Å². The summed E-state index contributed by atoms with van der Waals surface area (Å²) in [5.41, 5.74) is 0.369. The van der Waals surface area contributed by atoms with Gasteiger partial charge in [-0.2, -0.15) is 4.98 Å². The van der Waals surface area contributed by atoms with E-state index in [1.807, 2.05) is 0 Å². The maximum atomic E-state index is 13.7. The second-order valence-corrected chi connectivity index (χ2v) is 7.15. The summed E-state index contributed by atoms with van der Waals surface area (Å²) in [4.78, 5) is 30.2. The molecule has 2 aromatic carbocycles. The van der Waals surface area contributed by atoms with Crippen LogP contribution < -0.4 is 5.32 Å². The zero-order valence-corrected chi connectivity index (χ0v) is 16.1. The lowest BCUT2D eigenvalue weighted by molar-refractivity contribution is -0.128. The number of nitrogens with zero attached hydrogens (tertiary/aromatic N) is 3. The minimum Gasteiger partial charge on any atom is -0.343 e. The van der Waals surface area contributed by atoms with Crippen LogP contribution in [-0.2, 0) is 17.9 Å². The molecule has 4 rings (SSSR count). The Morgan fingerprint density at radius 2 is 1.87 bits per heavy atom. The first-order chi connectivity index (χ1) is 14.9. The highest BCUT2D eigenvalue weighted by atomic mass is 19.1. The molecule has 160 valence electrons. The number of halogens is 3. The summed E-state index contributed by atoms with van der Waals surface area (Å²) in [6.45, 7) is 0.535. The van der Waals surface area contributed by atoms with E-state index < -0.39 is 23.1 Å². The summed E-state index contributed by atoms with van der Waals surface area (Å²) in [6, 6.07) is 8.48. The van der Waals surface area contributed by atoms with Gasteiger partial charge in [-0.25, -0.2) is 13.2 Å². The lowest BCUT2D eigenvalue weighted by Crippen LogP contribution is -2.24. The van der Waals surface area contributed by atoms with E-state index in [-0.39, 0.29) is 36.5 Å². The number of carbonyl (C=O) groups is 2. The Balaban J connectivity index is 1.35. The predicted octanol–water partition coefficient (Wildman–Crippen LogP) is 2.93. The van der Waals surface area contributed by atoms with Gasteiger partial charge in [-0.05, 0) is 35.9 Å². The number of aromatic nitrogens is 2. The van der Waals surface area contributed by atoms with Gasteiger partial charge in [0.25, 0.3) is 5.91 Å². The number of hydrogen-bond donors (Lipinski definition) is 1. The van der Waals surface area contributed by atoms with Crippen LogP contribution in [0.4, 0.5) is 13.2 Å². The van der Waals surface area contributed by atoms with E-state index in [0.717, 1.165) is 23.8 Å². The van der Waals surface area contributed by atoms with E-state index in [0.29, 0.717) is 18.9 Å². The molecule has 7 nitrogen and oxygen atoms in total. The highest BCUT2D eigenvalue weighted by Crippen LogP contribution is 2.27. The topological polar surface area (TPSA) is 88.3 Å². The first kappa shape index (κ1) is 20.6. The summed E-state index contributed by atoms with van der Waals surface area (Å²) in [5.74, 6) is -2.74. The van der Waals surface area contributed by atoms with Crippen molar-refractivity contribution in [3.8, 4) is 0 Å². The zero-order chi connectivity index (χ0) is 22.0. The number of hydrogen-bond acceptors (Lipinski definition) is 5. The third-order valence-corrected chi connectivity index (χ3v) is 4.92. The molecular weight excluding hydrogens is 413 g/mol. The van der Waals surface area contributed by atoms with Crippen molar-refractivity contribution in [1.29, 1.82) is 0 Å². The summed E-state index contributed by atoms with van der Waals surface area (Å²) in [6.07, 6.45) is 0.195. The number of benzene rings is 2. The zero-order valence-electron chi connectivity index (χ0n) is 16.1. The van der Waals surface area contributed by atoms with E-state index in [1.54, 1.807) is 17.0 Å². The Bertz CT molecular complexity index is 1120. The van der Waals surface area contributed by atoms with Gasteiger partial charge in [0.2, 0.25) is 11.8 Å². The Hall–Kier alpha value is -3.69. The Morgan fingerprint density at radius 1 is 1.13 bits per heavy atom. The number of amides is 2. The second kappa shape index (κ2) is 8.58. The van der Waals surface area contributed by atoms with Gasteiger partial charge in [0.15, 0.2) is 5.82 Å². The maximum Gasteiger partial charge on any atom is 0.254 e. The predicted molar refractivity (Wildman–Crippen MR) is 101 cm³/mol. The smallest absolute Gasteiger partial charge is 0.254 e. The fraction of sp³-hybridized carbons (Fsp3) is 0.238. The van der Waals surface area contributed by atoms with Crippen molar-refractivity contribution in [3.05, 3.63) is 82.8 Å². The number of nitrogens with one attached hydrogen (secondary N) is 1. The SMILES string of the molecule is O=C(NCc1nc([C@@H]2CC(=O)N(Cc3ccc(F)cc3)C2)no1)c1cc(F)ccc1F. The minimum absolute atomic E-state index is 0.0737. The highest BCUT2D eigenvalue weighted by molar-refractivity contribution is 5.94. The van der Waals surface area contributed by atoms with Crippen LogP contribution in [0.1, 0.15) is 40.0 Å². The van der Waals surface area contributed by atoms with Crippen LogP contribution in [0.3, 0.4) is 0 Å².